The van der Waals surface area contributed by atoms with Gasteiger partial charge in [0.2, 0.25) is 0 Å². The smallest absolute Gasteiger partial charge is 0.145 e. The zero-order valence-corrected chi connectivity index (χ0v) is 4.39. The van der Waals surface area contributed by atoms with E-state index in [0.29, 0.717) is 5.84 Å². The third kappa shape index (κ3) is 1.87. The molecular weight excluding hydrogens is 88.1 g/mol. The SMILES string of the molecule is C=C/C(N=C)=N/C. The van der Waals surface area contributed by atoms with Crippen molar-refractivity contribution >= 4 is 12.6 Å². The summed E-state index contributed by atoms with van der Waals surface area (Å²) in [5.41, 5.74) is 0. The normalized spacial score (nSPS) is 10.7. The van der Waals surface area contributed by atoms with E-state index in [9.17, 15) is 0 Å². The van der Waals surface area contributed by atoms with Gasteiger partial charge in [-0.15, -0.1) is 0 Å². The summed E-state index contributed by atoms with van der Waals surface area (Å²) in [5, 5.41) is 0. The van der Waals surface area contributed by atoms with Gasteiger partial charge in [-0.3, -0.25) is 4.99 Å². The fourth-order valence-corrected chi connectivity index (χ4v) is 0.227. The van der Waals surface area contributed by atoms with Crippen LogP contribution in [0.15, 0.2) is 22.6 Å². The quantitative estimate of drug-likeness (QED) is 0.342. The van der Waals surface area contributed by atoms with Crippen molar-refractivity contribution in [2.24, 2.45) is 9.98 Å². The Kier molecular flexibility index (Phi) is 2.85. The molecule has 0 heterocycles. The molecular formula is C5H8N2. The Morgan fingerprint density at radius 3 is 2.29 bits per heavy atom. The summed E-state index contributed by atoms with van der Waals surface area (Å²) in [4.78, 5) is 7.20. The lowest BCUT2D eigenvalue weighted by Gasteiger charge is -1.81. The van der Waals surface area contributed by atoms with Crippen LogP contribution in [-0.4, -0.2) is 19.6 Å². The molecule has 0 amide bonds. The van der Waals surface area contributed by atoms with Crippen LogP contribution in [0.2, 0.25) is 0 Å². The van der Waals surface area contributed by atoms with E-state index in [1.54, 1.807) is 13.1 Å². The maximum absolute atomic E-state index is 3.69. The predicted molar refractivity (Wildman–Crippen MR) is 33.1 cm³/mol. The first-order valence-corrected chi connectivity index (χ1v) is 1.91. The van der Waals surface area contributed by atoms with E-state index < -0.39 is 0 Å². The molecule has 0 aromatic carbocycles. The van der Waals surface area contributed by atoms with Crippen LogP contribution in [0.5, 0.6) is 0 Å². The van der Waals surface area contributed by atoms with Crippen LogP contribution < -0.4 is 0 Å². The summed E-state index contributed by atoms with van der Waals surface area (Å²) in [6, 6.07) is 0. The van der Waals surface area contributed by atoms with Crippen molar-refractivity contribution in [3.8, 4) is 0 Å². The fraction of sp³-hybridized carbons (Fsp3) is 0.200. The molecule has 0 saturated carbocycles. The molecule has 2 nitrogen and oxygen atoms in total. The van der Waals surface area contributed by atoms with Gasteiger partial charge in [0, 0.05) is 7.05 Å². The monoisotopic (exact) mass is 96.1 g/mol. The van der Waals surface area contributed by atoms with E-state index >= 15 is 0 Å². The van der Waals surface area contributed by atoms with Crippen LogP contribution in [0.4, 0.5) is 0 Å². The summed E-state index contributed by atoms with van der Waals surface area (Å²) >= 11 is 0. The highest BCUT2D eigenvalue weighted by Crippen LogP contribution is 1.75. The van der Waals surface area contributed by atoms with Gasteiger partial charge >= 0.3 is 0 Å². The van der Waals surface area contributed by atoms with Crippen LogP contribution >= 0.6 is 0 Å². The standard InChI is InChI=1S/C5H8N2/c1-4-5(6-2)7-3/h4H,1-2H2,3H3/b7-5-. The Morgan fingerprint density at radius 1 is 1.71 bits per heavy atom. The maximum atomic E-state index is 3.69. The van der Waals surface area contributed by atoms with Crippen molar-refractivity contribution in [3.05, 3.63) is 12.7 Å². The molecule has 0 fully saturated rings. The lowest BCUT2D eigenvalue weighted by Crippen LogP contribution is -1.82. The summed E-state index contributed by atoms with van der Waals surface area (Å²) in [6.45, 7) is 6.69. The van der Waals surface area contributed by atoms with Crippen molar-refractivity contribution in [1.82, 2.24) is 0 Å². The molecule has 0 rings (SSSR count). The molecule has 0 aliphatic carbocycles. The summed E-state index contributed by atoms with van der Waals surface area (Å²) in [5.74, 6) is 0.583. The van der Waals surface area contributed by atoms with Crippen molar-refractivity contribution in [2.45, 2.75) is 0 Å². The minimum atomic E-state index is 0.583. The summed E-state index contributed by atoms with van der Waals surface area (Å²) in [7, 11) is 1.64. The third-order valence-corrected chi connectivity index (χ3v) is 0.574. The third-order valence-electron chi connectivity index (χ3n) is 0.574. The lowest BCUT2D eigenvalue weighted by molar-refractivity contribution is 1.42. The molecule has 0 spiro atoms. The topological polar surface area (TPSA) is 24.7 Å². The van der Waals surface area contributed by atoms with Gasteiger partial charge in [0.15, 0.2) is 0 Å². The number of aliphatic imine (C=N–C) groups is 2. The Hall–Kier alpha value is -0.920. The molecule has 0 saturated heterocycles. The zero-order valence-electron chi connectivity index (χ0n) is 4.39. The second-order valence-electron chi connectivity index (χ2n) is 0.944. The molecule has 0 N–H and O–H groups in total. The van der Waals surface area contributed by atoms with Crippen molar-refractivity contribution in [2.75, 3.05) is 7.05 Å². The minimum absolute atomic E-state index is 0.583. The van der Waals surface area contributed by atoms with E-state index in [1.807, 2.05) is 0 Å². The zero-order chi connectivity index (χ0) is 5.70. The first kappa shape index (κ1) is 6.08. The maximum Gasteiger partial charge on any atom is 0.145 e. The second kappa shape index (κ2) is 3.28. The van der Waals surface area contributed by atoms with Gasteiger partial charge < -0.3 is 0 Å². The highest BCUT2D eigenvalue weighted by Gasteiger charge is 1.75. The van der Waals surface area contributed by atoms with Gasteiger partial charge in [0.05, 0.1) is 0 Å². The molecule has 7 heavy (non-hydrogen) atoms. The van der Waals surface area contributed by atoms with Gasteiger partial charge in [-0.25, -0.2) is 4.99 Å². The summed E-state index contributed by atoms with van der Waals surface area (Å²) < 4.78 is 0. The molecule has 0 aliphatic heterocycles. The molecule has 0 aromatic heterocycles. The molecule has 0 atom stereocenters. The molecule has 0 unspecified atom stereocenters. The average molecular weight is 96.1 g/mol. The first-order valence-electron chi connectivity index (χ1n) is 1.91. The Labute approximate surface area is 43.3 Å². The highest BCUT2D eigenvalue weighted by molar-refractivity contribution is 5.95. The van der Waals surface area contributed by atoms with E-state index in [4.69, 9.17) is 0 Å². The van der Waals surface area contributed by atoms with Crippen LogP contribution in [0.25, 0.3) is 0 Å². The fourth-order valence-electron chi connectivity index (χ4n) is 0.227. The number of hydrogen-bond acceptors (Lipinski definition) is 1. The molecule has 38 valence electrons. The van der Waals surface area contributed by atoms with Gasteiger partial charge in [-0.1, -0.05) is 6.58 Å². The molecule has 0 aliphatic rings. The Morgan fingerprint density at radius 2 is 2.29 bits per heavy atom. The minimum Gasteiger partial charge on any atom is -0.270 e. The van der Waals surface area contributed by atoms with E-state index in [-0.39, 0.29) is 0 Å². The molecule has 0 radical (unpaired) electrons. The van der Waals surface area contributed by atoms with Gasteiger partial charge in [-0.2, -0.15) is 0 Å². The van der Waals surface area contributed by atoms with Crippen molar-refractivity contribution in [3.63, 3.8) is 0 Å². The second-order valence-corrected chi connectivity index (χ2v) is 0.944. The molecule has 2 heteroatoms. The van der Waals surface area contributed by atoms with Crippen LogP contribution in [0, 0.1) is 0 Å². The Balaban J connectivity index is 3.85. The Bertz CT molecular complexity index is 92.6. The number of rotatable bonds is 1. The molecule has 0 bridgehead atoms. The number of nitrogens with zero attached hydrogens (tertiary/aromatic N) is 2. The van der Waals surface area contributed by atoms with Gasteiger partial charge in [-0.05, 0) is 12.8 Å². The van der Waals surface area contributed by atoms with Crippen LogP contribution in [0.1, 0.15) is 0 Å². The van der Waals surface area contributed by atoms with Crippen molar-refractivity contribution < 1.29 is 0 Å². The number of hydrogen-bond donors (Lipinski definition) is 0. The van der Waals surface area contributed by atoms with Crippen molar-refractivity contribution in [1.29, 1.82) is 0 Å². The van der Waals surface area contributed by atoms with E-state index in [1.165, 1.54) is 0 Å². The largest absolute Gasteiger partial charge is 0.270 e. The summed E-state index contributed by atoms with van der Waals surface area (Å²) in [6.07, 6.45) is 1.55. The average Bonchev–Trinajstić information content (AvgIpc) is 1.72. The first-order chi connectivity index (χ1) is 3.35. The van der Waals surface area contributed by atoms with Gasteiger partial charge in [0.1, 0.15) is 5.84 Å². The van der Waals surface area contributed by atoms with Gasteiger partial charge in [0.25, 0.3) is 0 Å². The highest BCUT2D eigenvalue weighted by atomic mass is 14.9. The van der Waals surface area contributed by atoms with E-state index in [2.05, 4.69) is 23.3 Å². The number of amidine groups is 1. The van der Waals surface area contributed by atoms with E-state index in [0.717, 1.165) is 0 Å². The molecule has 0 aromatic rings. The lowest BCUT2D eigenvalue weighted by atomic mass is 10.6. The van der Waals surface area contributed by atoms with Crippen LogP contribution in [0.3, 0.4) is 0 Å². The predicted octanol–water partition coefficient (Wildman–Crippen LogP) is 0.901. The van der Waals surface area contributed by atoms with Crippen LogP contribution in [-0.2, 0) is 0 Å².